The van der Waals surface area contributed by atoms with Crippen molar-refractivity contribution in [3.63, 3.8) is 0 Å². The molecule has 3 heteroatoms. The van der Waals surface area contributed by atoms with Gasteiger partial charge in [0.1, 0.15) is 0 Å². The largest absolute Gasteiger partial charge is 0.348 e. The molecule has 0 aliphatic rings. The molecule has 0 atom stereocenters. The van der Waals surface area contributed by atoms with Crippen LogP contribution in [0.25, 0.3) is 0 Å². The van der Waals surface area contributed by atoms with Crippen molar-refractivity contribution >= 4 is 5.91 Å². The van der Waals surface area contributed by atoms with Crippen molar-refractivity contribution in [2.24, 2.45) is 5.73 Å². The Labute approximate surface area is 96.3 Å². The lowest BCUT2D eigenvalue weighted by molar-refractivity contribution is 0.0957. The van der Waals surface area contributed by atoms with Crippen LogP contribution in [0.4, 0.5) is 0 Å². The van der Waals surface area contributed by atoms with Gasteiger partial charge in [-0.05, 0) is 37.6 Å². The van der Waals surface area contributed by atoms with E-state index in [9.17, 15) is 4.79 Å². The lowest BCUT2D eigenvalue weighted by Gasteiger charge is -2.05. The van der Waals surface area contributed by atoms with Gasteiger partial charge in [0.15, 0.2) is 0 Å². The molecule has 0 spiro atoms. The molecule has 0 aliphatic heterocycles. The van der Waals surface area contributed by atoms with Crippen LogP contribution in [-0.2, 0) is 6.42 Å². The molecule has 0 bridgehead atoms. The number of nitrogens with one attached hydrogen (secondary N) is 1. The molecule has 0 aliphatic carbocycles. The predicted octanol–water partition coefficient (Wildman–Crippen LogP) is 1.49. The van der Waals surface area contributed by atoms with E-state index in [0.29, 0.717) is 18.7 Å². The quantitative estimate of drug-likeness (QED) is 0.736. The first-order chi connectivity index (χ1) is 7.63. The fourth-order valence-electron chi connectivity index (χ4n) is 1.32. The summed E-state index contributed by atoms with van der Waals surface area (Å²) in [7, 11) is 0. The Morgan fingerprint density at radius 3 is 2.50 bits per heavy atom. The van der Waals surface area contributed by atoms with Gasteiger partial charge in [-0.15, -0.1) is 0 Å². The number of hydrogen-bond acceptors (Lipinski definition) is 2. The molecule has 0 aromatic heterocycles. The maximum absolute atomic E-state index is 11.6. The zero-order valence-electron chi connectivity index (χ0n) is 9.62. The Morgan fingerprint density at radius 2 is 2.00 bits per heavy atom. The van der Waals surface area contributed by atoms with Gasteiger partial charge < -0.3 is 11.1 Å². The Morgan fingerprint density at radius 1 is 1.38 bits per heavy atom. The van der Waals surface area contributed by atoms with Crippen LogP contribution in [-0.4, -0.2) is 19.0 Å². The average Bonchev–Trinajstić information content (AvgIpc) is 2.27. The Balaban J connectivity index is 2.59. The Kier molecular flexibility index (Phi) is 4.73. The van der Waals surface area contributed by atoms with E-state index in [2.05, 4.69) is 11.9 Å². The lowest BCUT2D eigenvalue weighted by Crippen LogP contribution is -2.24. The van der Waals surface area contributed by atoms with Crippen molar-refractivity contribution in [2.45, 2.75) is 13.3 Å². The predicted molar refractivity (Wildman–Crippen MR) is 66.3 cm³/mol. The molecule has 1 rings (SSSR count). The highest BCUT2D eigenvalue weighted by atomic mass is 16.1. The summed E-state index contributed by atoms with van der Waals surface area (Å²) in [5, 5.41) is 2.79. The molecule has 1 amide bonds. The zero-order valence-corrected chi connectivity index (χ0v) is 9.62. The number of amides is 1. The van der Waals surface area contributed by atoms with Crippen molar-refractivity contribution in [1.82, 2.24) is 5.32 Å². The normalized spacial score (nSPS) is 9.88. The van der Waals surface area contributed by atoms with E-state index in [0.717, 1.165) is 17.6 Å². The van der Waals surface area contributed by atoms with Crippen molar-refractivity contribution in [1.29, 1.82) is 0 Å². The number of carbonyl (C=O) groups excluding carboxylic acids is 1. The lowest BCUT2D eigenvalue weighted by atomic mass is 10.1. The van der Waals surface area contributed by atoms with Crippen LogP contribution in [0.1, 0.15) is 22.8 Å². The van der Waals surface area contributed by atoms with E-state index < -0.39 is 0 Å². The number of rotatable bonds is 5. The first-order valence-electron chi connectivity index (χ1n) is 5.35. The summed E-state index contributed by atoms with van der Waals surface area (Å²) in [4.78, 5) is 11.6. The minimum Gasteiger partial charge on any atom is -0.348 e. The number of hydrogen-bond donors (Lipinski definition) is 2. The number of benzene rings is 1. The molecular formula is C13H18N2O. The van der Waals surface area contributed by atoms with E-state index in [1.807, 2.05) is 31.2 Å². The summed E-state index contributed by atoms with van der Waals surface area (Å²) < 4.78 is 0. The summed E-state index contributed by atoms with van der Waals surface area (Å²) in [6, 6.07) is 7.50. The maximum Gasteiger partial charge on any atom is 0.251 e. The smallest absolute Gasteiger partial charge is 0.251 e. The van der Waals surface area contributed by atoms with E-state index in [-0.39, 0.29) is 5.91 Å². The van der Waals surface area contributed by atoms with Crippen molar-refractivity contribution in [3.05, 3.63) is 47.5 Å². The summed E-state index contributed by atoms with van der Waals surface area (Å²) >= 11 is 0. The topological polar surface area (TPSA) is 55.1 Å². The van der Waals surface area contributed by atoms with Gasteiger partial charge in [-0.3, -0.25) is 4.79 Å². The molecule has 0 fully saturated rings. The number of nitrogens with two attached hydrogens (primary N) is 1. The van der Waals surface area contributed by atoms with Gasteiger partial charge >= 0.3 is 0 Å². The van der Waals surface area contributed by atoms with Gasteiger partial charge in [-0.2, -0.15) is 0 Å². The average molecular weight is 218 g/mol. The summed E-state index contributed by atoms with van der Waals surface area (Å²) in [5.74, 6) is -0.0673. The van der Waals surface area contributed by atoms with Crippen LogP contribution in [0, 0.1) is 0 Å². The van der Waals surface area contributed by atoms with E-state index in [1.165, 1.54) is 0 Å². The summed E-state index contributed by atoms with van der Waals surface area (Å²) in [6.45, 7) is 6.75. The molecule has 3 N–H and O–H groups in total. The molecule has 0 radical (unpaired) electrons. The minimum atomic E-state index is -0.0673. The van der Waals surface area contributed by atoms with Gasteiger partial charge in [0.05, 0.1) is 0 Å². The Bertz CT molecular complexity index is 368. The van der Waals surface area contributed by atoms with Gasteiger partial charge in [-0.25, -0.2) is 0 Å². The molecule has 3 nitrogen and oxygen atoms in total. The van der Waals surface area contributed by atoms with E-state index >= 15 is 0 Å². The second-order valence-electron chi connectivity index (χ2n) is 3.88. The molecule has 0 heterocycles. The zero-order chi connectivity index (χ0) is 12.0. The molecule has 0 saturated carbocycles. The molecule has 86 valence electrons. The maximum atomic E-state index is 11.6. The SMILES string of the molecule is C=C(C)CNC(=O)c1ccc(CCN)cc1. The second kappa shape index (κ2) is 6.08. The number of carbonyl (C=O) groups is 1. The molecule has 0 unspecified atom stereocenters. The molecule has 1 aromatic rings. The van der Waals surface area contributed by atoms with Crippen LogP contribution in [0.2, 0.25) is 0 Å². The summed E-state index contributed by atoms with van der Waals surface area (Å²) in [5.41, 5.74) is 8.21. The third-order valence-electron chi connectivity index (χ3n) is 2.20. The van der Waals surface area contributed by atoms with E-state index in [1.54, 1.807) is 0 Å². The molecular weight excluding hydrogens is 200 g/mol. The molecule has 1 aromatic carbocycles. The third-order valence-corrected chi connectivity index (χ3v) is 2.20. The molecule has 0 saturated heterocycles. The third kappa shape index (κ3) is 3.87. The van der Waals surface area contributed by atoms with Crippen LogP contribution in [0.15, 0.2) is 36.4 Å². The van der Waals surface area contributed by atoms with Crippen molar-refractivity contribution in [3.8, 4) is 0 Å². The van der Waals surface area contributed by atoms with Crippen LogP contribution >= 0.6 is 0 Å². The van der Waals surface area contributed by atoms with Gasteiger partial charge in [-0.1, -0.05) is 24.3 Å². The minimum absolute atomic E-state index is 0.0673. The van der Waals surface area contributed by atoms with Gasteiger partial charge in [0.2, 0.25) is 0 Å². The monoisotopic (exact) mass is 218 g/mol. The first-order valence-corrected chi connectivity index (χ1v) is 5.35. The van der Waals surface area contributed by atoms with Crippen molar-refractivity contribution in [2.75, 3.05) is 13.1 Å². The van der Waals surface area contributed by atoms with Crippen LogP contribution in [0.5, 0.6) is 0 Å². The highest BCUT2D eigenvalue weighted by Gasteiger charge is 2.03. The fourth-order valence-corrected chi connectivity index (χ4v) is 1.32. The highest BCUT2D eigenvalue weighted by molar-refractivity contribution is 5.94. The highest BCUT2D eigenvalue weighted by Crippen LogP contribution is 2.04. The van der Waals surface area contributed by atoms with E-state index in [4.69, 9.17) is 5.73 Å². The fraction of sp³-hybridized carbons (Fsp3) is 0.308. The summed E-state index contributed by atoms with van der Waals surface area (Å²) in [6.07, 6.45) is 0.841. The van der Waals surface area contributed by atoms with Crippen LogP contribution < -0.4 is 11.1 Å². The first kappa shape index (κ1) is 12.5. The van der Waals surface area contributed by atoms with Gasteiger partial charge in [0.25, 0.3) is 5.91 Å². The molecule has 16 heavy (non-hydrogen) atoms. The van der Waals surface area contributed by atoms with Crippen molar-refractivity contribution < 1.29 is 4.79 Å². The second-order valence-corrected chi connectivity index (χ2v) is 3.88. The Hall–Kier alpha value is -1.61. The van der Waals surface area contributed by atoms with Gasteiger partial charge in [0, 0.05) is 12.1 Å². The standard InChI is InChI=1S/C13H18N2O/c1-10(2)9-15-13(16)12-5-3-11(4-6-12)7-8-14/h3-6H,1,7-9,14H2,2H3,(H,15,16). The van der Waals surface area contributed by atoms with Crippen LogP contribution in [0.3, 0.4) is 0 Å².